The van der Waals surface area contributed by atoms with Crippen LogP contribution in [0.15, 0.2) is 54.1 Å². The number of para-hydroxylation sites is 1. The van der Waals surface area contributed by atoms with Crippen LogP contribution >= 0.6 is 23.2 Å². The number of carbonyl (C=O) groups is 3. The molecule has 1 heterocycles. The van der Waals surface area contributed by atoms with Crippen molar-refractivity contribution >= 4 is 57.6 Å². The molecule has 1 N–H and O–H groups in total. The number of fused-ring (bicyclic) bond motifs is 2. The van der Waals surface area contributed by atoms with Crippen LogP contribution in [0, 0.1) is 0 Å². The number of methoxy groups -OCH3 is 2. The first-order chi connectivity index (χ1) is 15.3. The Morgan fingerprint density at radius 1 is 0.969 bits per heavy atom. The summed E-state index contributed by atoms with van der Waals surface area (Å²) < 4.78 is 9.07. The fraction of sp³-hybridized carbons (Fsp3) is 0.130. The lowest BCUT2D eigenvalue weighted by molar-refractivity contribution is -0.137. The third-order valence-electron chi connectivity index (χ3n) is 4.70. The average molecular weight is 474 g/mol. The van der Waals surface area contributed by atoms with E-state index in [9.17, 15) is 19.5 Å². The second kappa shape index (κ2) is 9.80. The maximum absolute atomic E-state index is 11.6. The molecule has 0 bridgehead atoms. The van der Waals surface area contributed by atoms with Crippen LogP contribution in [0.25, 0.3) is 16.7 Å². The lowest BCUT2D eigenvalue weighted by Crippen LogP contribution is -2.22. The van der Waals surface area contributed by atoms with Gasteiger partial charge in [-0.3, -0.25) is 4.79 Å². The molecule has 1 aliphatic rings. The zero-order valence-corrected chi connectivity index (χ0v) is 18.5. The lowest BCUT2D eigenvalue weighted by atomic mass is 9.89. The van der Waals surface area contributed by atoms with Gasteiger partial charge in [0.25, 0.3) is 0 Å². The molecule has 0 fully saturated rings. The molecule has 7 nitrogen and oxygen atoms in total. The number of aromatic nitrogens is 1. The van der Waals surface area contributed by atoms with Crippen molar-refractivity contribution in [3.05, 3.63) is 81.0 Å². The molecule has 0 amide bonds. The Balaban J connectivity index is 0.000000181. The van der Waals surface area contributed by atoms with Gasteiger partial charge in [-0.1, -0.05) is 65.7 Å². The van der Waals surface area contributed by atoms with Gasteiger partial charge in [-0.25, -0.2) is 14.6 Å². The Kier molecular flexibility index (Phi) is 7.12. The zero-order valence-electron chi connectivity index (χ0n) is 17.0. The van der Waals surface area contributed by atoms with Crippen LogP contribution in [-0.2, 0) is 25.5 Å². The summed E-state index contributed by atoms with van der Waals surface area (Å²) in [6, 6.07) is 14.1. The van der Waals surface area contributed by atoms with Gasteiger partial charge in [0, 0.05) is 17.4 Å². The number of halogens is 2. The van der Waals surface area contributed by atoms with E-state index in [1.807, 2.05) is 12.1 Å². The largest absolute Gasteiger partial charge is 0.506 e. The number of aliphatic hydroxyl groups is 1. The van der Waals surface area contributed by atoms with E-state index < -0.39 is 17.7 Å². The van der Waals surface area contributed by atoms with Gasteiger partial charge in [0.15, 0.2) is 5.78 Å². The number of rotatable bonds is 2. The van der Waals surface area contributed by atoms with Crippen molar-refractivity contribution in [1.82, 2.24) is 4.98 Å². The van der Waals surface area contributed by atoms with Crippen LogP contribution in [-0.4, -0.2) is 42.0 Å². The Morgan fingerprint density at radius 2 is 1.59 bits per heavy atom. The summed E-state index contributed by atoms with van der Waals surface area (Å²) in [5.41, 5.74) is 1.72. The van der Waals surface area contributed by atoms with Crippen molar-refractivity contribution in [1.29, 1.82) is 0 Å². The quantitative estimate of drug-likeness (QED) is 0.330. The molecule has 1 aromatic heterocycles. The molecule has 0 aliphatic heterocycles. The second-order valence-electron chi connectivity index (χ2n) is 6.57. The summed E-state index contributed by atoms with van der Waals surface area (Å²) in [6.45, 7) is 0. The molecule has 0 spiro atoms. The second-order valence-corrected chi connectivity index (χ2v) is 7.31. The van der Waals surface area contributed by atoms with Gasteiger partial charge < -0.3 is 14.6 Å². The first-order valence-electron chi connectivity index (χ1n) is 9.25. The van der Waals surface area contributed by atoms with Gasteiger partial charge in [-0.2, -0.15) is 0 Å². The number of nitrogens with zero attached hydrogens (tertiary/aromatic N) is 1. The van der Waals surface area contributed by atoms with E-state index in [-0.39, 0.29) is 33.5 Å². The number of aliphatic hydroxyl groups excluding tert-OH is 1. The van der Waals surface area contributed by atoms with Crippen LogP contribution in [0.4, 0.5) is 0 Å². The molecule has 0 unspecified atom stereocenters. The molecule has 2 aromatic carbocycles. The van der Waals surface area contributed by atoms with Crippen molar-refractivity contribution in [3.8, 4) is 0 Å². The third-order valence-corrected chi connectivity index (χ3v) is 5.37. The highest BCUT2D eigenvalue weighted by Gasteiger charge is 2.30. The Labute approximate surface area is 193 Å². The molecule has 32 heavy (non-hydrogen) atoms. The van der Waals surface area contributed by atoms with E-state index in [1.54, 1.807) is 36.4 Å². The molecule has 1 aliphatic carbocycles. The van der Waals surface area contributed by atoms with Gasteiger partial charge in [0.1, 0.15) is 22.0 Å². The molecule has 4 rings (SSSR count). The van der Waals surface area contributed by atoms with Crippen molar-refractivity contribution in [3.63, 3.8) is 0 Å². The smallest absolute Gasteiger partial charge is 0.345 e. The molecule has 0 radical (unpaired) electrons. The normalized spacial score (nSPS) is 12.6. The van der Waals surface area contributed by atoms with Gasteiger partial charge in [-0.15, -0.1) is 0 Å². The molecule has 0 saturated heterocycles. The van der Waals surface area contributed by atoms with Crippen LogP contribution in [0.2, 0.25) is 10.2 Å². The van der Waals surface area contributed by atoms with Crippen LogP contribution in [0.3, 0.4) is 0 Å². The van der Waals surface area contributed by atoms with Gasteiger partial charge in [0.2, 0.25) is 0 Å². The highest BCUT2D eigenvalue weighted by molar-refractivity contribution is 6.42. The molecule has 164 valence electrons. The summed E-state index contributed by atoms with van der Waals surface area (Å²) >= 11 is 12.0. The van der Waals surface area contributed by atoms with E-state index in [0.29, 0.717) is 16.5 Å². The van der Waals surface area contributed by atoms with Crippen molar-refractivity contribution < 1.29 is 29.0 Å². The van der Waals surface area contributed by atoms with E-state index in [1.165, 1.54) is 14.2 Å². The summed E-state index contributed by atoms with van der Waals surface area (Å²) in [6.07, 6.45) is 0.116. The molecular formula is C23H17Cl2NO6. The fourth-order valence-corrected chi connectivity index (χ4v) is 3.80. The maximum Gasteiger partial charge on any atom is 0.345 e. The molecule has 0 atom stereocenters. The molecule has 3 aromatic rings. The van der Waals surface area contributed by atoms with E-state index in [4.69, 9.17) is 23.2 Å². The number of pyridine rings is 1. The first kappa shape index (κ1) is 23.2. The van der Waals surface area contributed by atoms with Crippen LogP contribution < -0.4 is 0 Å². The summed E-state index contributed by atoms with van der Waals surface area (Å²) in [5.74, 6) is -2.09. The van der Waals surface area contributed by atoms with Gasteiger partial charge in [0.05, 0.1) is 24.8 Å². The van der Waals surface area contributed by atoms with Crippen LogP contribution in [0.5, 0.6) is 0 Å². The number of benzene rings is 2. The van der Waals surface area contributed by atoms with E-state index in [0.717, 1.165) is 5.56 Å². The highest BCUT2D eigenvalue weighted by Crippen LogP contribution is 2.31. The number of ether oxygens (including phenoxy) is 2. The Hall–Kier alpha value is -3.42. The fourth-order valence-electron chi connectivity index (χ4n) is 3.17. The number of esters is 2. The van der Waals surface area contributed by atoms with Gasteiger partial charge >= 0.3 is 11.9 Å². The van der Waals surface area contributed by atoms with Gasteiger partial charge in [-0.05, 0) is 11.6 Å². The van der Waals surface area contributed by atoms with Crippen molar-refractivity contribution in [2.75, 3.05) is 14.2 Å². The predicted molar refractivity (Wildman–Crippen MR) is 120 cm³/mol. The summed E-state index contributed by atoms with van der Waals surface area (Å²) in [5, 5.41) is 10.8. The van der Waals surface area contributed by atoms with E-state index in [2.05, 4.69) is 14.5 Å². The monoisotopic (exact) mass is 473 g/mol. The van der Waals surface area contributed by atoms with Crippen molar-refractivity contribution in [2.24, 2.45) is 0 Å². The average Bonchev–Trinajstić information content (AvgIpc) is 2.79. The number of hydrogen-bond donors (Lipinski definition) is 1. The number of ketones is 1. The first-order valence-corrected chi connectivity index (χ1v) is 10.0. The molecular weight excluding hydrogens is 457 g/mol. The third kappa shape index (κ3) is 4.44. The SMILES string of the molecule is COC(=O)C1=C(O)c2ccccc2CC1=O.COC(=O)c1c(Cl)nc2ccccc2c1Cl. The molecule has 0 saturated carbocycles. The minimum atomic E-state index is -0.794. The highest BCUT2D eigenvalue weighted by atomic mass is 35.5. The maximum atomic E-state index is 11.6. The topological polar surface area (TPSA) is 103 Å². The number of carbonyl (C=O) groups excluding carboxylic acids is 3. The number of hydrogen-bond acceptors (Lipinski definition) is 7. The lowest BCUT2D eigenvalue weighted by Gasteiger charge is -2.16. The predicted octanol–water partition coefficient (Wildman–Crippen LogP) is 4.58. The standard InChI is InChI=1S/C12H10O4.C11H7Cl2NO2/c1-16-12(15)10-9(13)6-7-4-2-3-5-8(7)11(10)14;1-16-11(15)8-9(12)6-4-2-3-5-7(6)14-10(8)13/h2-5,14H,6H2,1H3;2-5H,1H3. The number of Topliss-reactive ketones (excluding diaryl/α,β-unsaturated/α-hetero) is 1. The minimum Gasteiger partial charge on any atom is -0.506 e. The minimum absolute atomic E-state index is 0.0514. The molecule has 9 heteroatoms. The van der Waals surface area contributed by atoms with Crippen LogP contribution in [0.1, 0.15) is 21.5 Å². The Morgan fingerprint density at radius 3 is 2.28 bits per heavy atom. The zero-order chi connectivity index (χ0) is 23.4. The summed E-state index contributed by atoms with van der Waals surface area (Å²) in [4.78, 5) is 38.5. The van der Waals surface area contributed by atoms with Crippen molar-refractivity contribution in [2.45, 2.75) is 6.42 Å². The Bertz CT molecular complexity index is 1270. The summed E-state index contributed by atoms with van der Waals surface area (Å²) in [7, 11) is 2.45. The van der Waals surface area contributed by atoms with E-state index >= 15 is 0 Å².